The van der Waals surface area contributed by atoms with Crippen molar-refractivity contribution in [2.24, 2.45) is 0 Å². The van der Waals surface area contributed by atoms with Gasteiger partial charge in [-0.25, -0.2) is 0 Å². The second kappa shape index (κ2) is 6.75. The summed E-state index contributed by atoms with van der Waals surface area (Å²) in [5.74, 6) is 0. The number of nitrogens with zero attached hydrogens (tertiary/aromatic N) is 1. The van der Waals surface area contributed by atoms with Gasteiger partial charge < -0.3 is 15.5 Å². The lowest BCUT2D eigenvalue weighted by Crippen LogP contribution is -2.44. The molecule has 2 N–H and O–H groups in total. The van der Waals surface area contributed by atoms with E-state index in [4.69, 9.17) is 35.4 Å². The predicted molar refractivity (Wildman–Crippen MR) is 86.3 cm³/mol. The molecule has 0 radical (unpaired) electrons. The van der Waals surface area contributed by atoms with E-state index < -0.39 is 0 Å². The minimum atomic E-state index is 0.425. The van der Waals surface area contributed by atoms with Crippen LogP contribution in [0.2, 0.25) is 10.0 Å². The van der Waals surface area contributed by atoms with Crippen LogP contribution in [0.4, 0.5) is 5.69 Å². The summed E-state index contributed by atoms with van der Waals surface area (Å²) < 4.78 is 0. The molecule has 3 nitrogen and oxygen atoms in total. The van der Waals surface area contributed by atoms with Gasteiger partial charge in [-0.3, -0.25) is 0 Å². The van der Waals surface area contributed by atoms with Crippen molar-refractivity contribution in [1.82, 2.24) is 10.2 Å². The SMILES string of the molecule is CN1CCC(NC(=S)Nc2cc(Cl)ccc2Cl)CC1. The maximum atomic E-state index is 6.09. The molecule has 19 heavy (non-hydrogen) atoms. The largest absolute Gasteiger partial charge is 0.360 e. The van der Waals surface area contributed by atoms with Gasteiger partial charge in [-0.1, -0.05) is 23.2 Å². The Labute approximate surface area is 129 Å². The molecule has 1 heterocycles. The van der Waals surface area contributed by atoms with Crippen LogP contribution in [0.15, 0.2) is 18.2 Å². The van der Waals surface area contributed by atoms with Gasteiger partial charge >= 0.3 is 0 Å². The van der Waals surface area contributed by atoms with E-state index in [2.05, 4.69) is 22.6 Å². The van der Waals surface area contributed by atoms with Crippen molar-refractivity contribution >= 4 is 46.2 Å². The number of anilines is 1. The fourth-order valence-corrected chi connectivity index (χ4v) is 2.70. The summed E-state index contributed by atoms with van der Waals surface area (Å²) in [6.07, 6.45) is 2.20. The first kappa shape index (κ1) is 14.9. The van der Waals surface area contributed by atoms with Gasteiger partial charge in [0.2, 0.25) is 0 Å². The van der Waals surface area contributed by atoms with Crippen molar-refractivity contribution in [3.8, 4) is 0 Å². The number of halogens is 2. The molecule has 1 aromatic carbocycles. The quantitative estimate of drug-likeness (QED) is 0.818. The molecular formula is C13H17Cl2N3S. The Morgan fingerprint density at radius 3 is 2.68 bits per heavy atom. The summed E-state index contributed by atoms with van der Waals surface area (Å²) >= 11 is 17.3. The van der Waals surface area contributed by atoms with Crippen LogP contribution in [0, 0.1) is 0 Å². The summed E-state index contributed by atoms with van der Waals surface area (Å²) in [7, 11) is 2.14. The molecule has 6 heteroatoms. The summed E-state index contributed by atoms with van der Waals surface area (Å²) in [5.41, 5.74) is 0.736. The highest BCUT2D eigenvalue weighted by Crippen LogP contribution is 2.25. The van der Waals surface area contributed by atoms with Gasteiger partial charge in [0.15, 0.2) is 5.11 Å². The van der Waals surface area contributed by atoms with Gasteiger partial charge in [0, 0.05) is 11.1 Å². The van der Waals surface area contributed by atoms with Crippen LogP contribution in [0.5, 0.6) is 0 Å². The average molecular weight is 318 g/mol. The molecule has 2 rings (SSSR count). The predicted octanol–water partition coefficient (Wildman–Crippen LogP) is 3.37. The van der Waals surface area contributed by atoms with E-state index in [9.17, 15) is 0 Å². The van der Waals surface area contributed by atoms with Crippen LogP contribution in [0.25, 0.3) is 0 Å². The second-order valence-corrected chi connectivity index (χ2v) is 6.05. The van der Waals surface area contributed by atoms with Crippen molar-refractivity contribution in [2.45, 2.75) is 18.9 Å². The Morgan fingerprint density at radius 1 is 1.32 bits per heavy atom. The number of hydrogen-bond donors (Lipinski definition) is 2. The average Bonchev–Trinajstić information content (AvgIpc) is 2.37. The normalized spacial score (nSPS) is 17.2. The van der Waals surface area contributed by atoms with Crippen molar-refractivity contribution in [1.29, 1.82) is 0 Å². The first-order chi connectivity index (χ1) is 9.04. The van der Waals surface area contributed by atoms with Gasteiger partial charge in [-0.05, 0) is 63.4 Å². The lowest BCUT2D eigenvalue weighted by molar-refractivity contribution is 0.247. The minimum Gasteiger partial charge on any atom is -0.360 e. The van der Waals surface area contributed by atoms with Crippen molar-refractivity contribution in [3.05, 3.63) is 28.2 Å². The third-order valence-electron chi connectivity index (χ3n) is 3.23. The van der Waals surface area contributed by atoms with E-state index >= 15 is 0 Å². The standard InChI is InChI=1S/C13H17Cl2N3S/c1-18-6-4-10(5-7-18)16-13(19)17-12-8-9(14)2-3-11(12)15/h2-3,8,10H,4-7H2,1H3,(H2,16,17,19). The molecule has 0 bridgehead atoms. The molecule has 0 amide bonds. The second-order valence-electron chi connectivity index (χ2n) is 4.80. The molecule has 0 atom stereocenters. The fourth-order valence-electron chi connectivity index (χ4n) is 2.09. The zero-order valence-corrected chi connectivity index (χ0v) is 13.1. The van der Waals surface area contributed by atoms with Crippen LogP contribution in [0.1, 0.15) is 12.8 Å². The Morgan fingerprint density at radius 2 is 2.00 bits per heavy atom. The maximum Gasteiger partial charge on any atom is 0.171 e. The smallest absolute Gasteiger partial charge is 0.171 e. The number of piperidine rings is 1. The van der Waals surface area contributed by atoms with E-state index in [-0.39, 0.29) is 0 Å². The highest BCUT2D eigenvalue weighted by molar-refractivity contribution is 7.80. The van der Waals surface area contributed by atoms with Gasteiger partial charge in [0.05, 0.1) is 10.7 Å². The van der Waals surface area contributed by atoms with E-state index in [0.29, 0.717) is 21.2 Å². The van der Waals surface area contributed by atoms with Crippen molar-refractivity contribution in [3.63, 3.8) is 0 Å². The molecule has 1 aromatic rings. The van der Waals surface area contributed by atoms with Gasteiger partial charge in [0.25, 0.3) is 0 Å². The highest BCUT2D eigenvalue weighted by Gasteiger charge is 2.17. The molecule has 0 aliphatic carbocycles. The monoisotopic (exact) mass is 317 g/mol. The molecule has 0 aromatic heterocycles. The van der Waals surface area contributed by atoms with Gasteiger partial charge in [0.1, 0.15) is 0 Å². The molecule has 0 unspecified atom stereocenters. The molecule has 1 saturated heterocycles. The Bertz CT molecular complexity index is 459. The molecule has 104 valence electrons. The third kappa shape index (κ3) is 4.49. The van der Waals surface area contributed by atoms with Crippen LogP contribution < -0.4 is 10.6 Å². The number of nitrogens with one attached hydrogen (secondary N) is 2. The van der Waals surface area contributed by atoms with E-state index in [1.807, 2.05) is 0 Å². The number of likely N-dealkylation sites (tertiary alicyclic amines) is 1. The summed E-state index contributed by atoms with van der Waals surface area (Å²) in [6, 6.07) is 5.70. The first-order valence-corrected chi connectivity index (χ1v) is 7.42. The topological polar surface area (TPSA) is 27.3 Å². The number of rotatable bonds is 2. The zero-order chi connectivity index (χ0) is 13.8. The van der Waals surface area contributed by atoms with Crippen molar-refractivity contribution in [2.75, 3.05) is 25.5 Å². The molecule has 0 saturated carbocycles. The molecule has 1 aliphatic heterocycles. The van der Waals surface area contributed by atoms with E-state index in [1.165, 1.54) is 0 Å². The number of hydrogen-bond acceptors (Lipinski definition) is 2. The summed E-state index contributed by atoms with van der Waals surface area (Å²) in [6.45, 7) is 2.19. The lowest BCUT2D eigenvalue weighted by Gasteiger charge is -2.30. The third-order valence-corrected chi connectivity index (χ3v) is 4.01. The fraction of sp³-hybridized carbons (Fsp3) is 0.462. The molecular weight excluding hydrogens is 301 g/mol. The van der Waals surface area contributed by atoms with Crippen LogP contribution in [-0.4, -0.2) is 36.2 Å². The summed E-state index contributed by atoms with van der Waals surface area (Å²) in [4.78, 5) is 2.32. The molecule has 1 fully saturated rings. The Kier molecular flexibility index (Phi) is 5.28. The molecule has 0 spiro atoms. The van der Waals surface area contributed by atoms with E-state index in [1.54, 1.807) is 18.2 Å². The summed E-state index contributed by atoms with van der Waals surface area (Å²) in [5, 5.41) is 8.26. The number of benzene rings is 1. The van der Waals surface area contributed by atoms with Gasteiger partial charge in [-0.2, -0.15) is 0 Å². The van der Waals surface area contributed by atoms with Gasteiger partial charge in [-0.15, -0.1) is 0 Å². The maximum absolute atomic E-state index is 6.09. The zero-order valence-electron chi connectivity index (χ0n) is 10.7. The first-order valence-electron chi connectivity index (χ1n) is 6.25. The van der Waals surface area contributed by atoms with E-state index in [0.717, 1.165) is 31.6 Å². The van der Waals surface area contributed by atoms with Crippen molar-refractivity contribution < 1.29 is 0 Å². The van der Waals surface area contributed by atoms with Crippen LogP contribution >= 0.6 is 35.4 Å². The minimum absolute atomic E-state index is 0.425. The Hall–Kier alpha value is -0.550. The van der Waals surface area contributed by atoms with Crippen LogP contribution in [0.3, 0.4) is 0 Å². The lowest BCUT2D eigenvalue weighted by atomic mass is 10.1. The molecule has 1 aliphatic rings. The van der Waals surface area contributed by atoms with Crippen LogP contribution in [-0.2, 0) is 0 Å². The number of thiocarbonyl (C=S) groups is 1. The Balaban J connectivity index is 1.89. The highest BCUT2D eigenvalue weighted by atomic mass is 35.5.